The van der Waals surface area contributed by atoms with Gasteiger partial charge in [-0.1, -0.05) is 32.4 Å². The van der Waals surface area contributed by atoms with Crippen LogP contribution < -0.4 is 5.73 Å². The summed E-state index contributed by atoms with van der Waals surface area (Å²) in [7, 11) is 0. The smallest absolute Gasteiger partial charge is 0.132 e. The van der Waals surface area contributed by atoms with Gasteiger partial charge in [0.2, 0.25) is 0 Å². The van der Waals surface area contributed by atoms with Gasteiger partial charge in [0.25, 0.3) is 0 Å². The number of aromatic nitrogens is 1. The van der Waals surface area contributed by atoms with Crippen LogP contribution in [0.15, 0.2) is 18.2 Å². The fourth-order valence-electron chi connectivity index (χ4n) is 1.81. The number of halogens is 2. The summed E-state index contributed by atoms with van der Waals surface area (Å²) in [5.41, 5.74) is 6.96. The Morgan fingerprint density at radius 2 is 1.94 bits per heavy atom. The third-order valence-electron chi connectivity index (χ3n) is 2.72. The average molecular weight is 253 g/mol. The average Bonchev–Trinajstić information content (AvgIpc) is 2.21. The minimum Gasteiger partial charge on any atom is -0.383 e. The van der Waals surface area contributed by atoms with Gasteiger partial charge in [0.05, 0.1) is 10.5 Å². The minimum absolute atomic E-state index is 0.181. The van der Waals surface area contributed by atoms with Gasteiger partial charge in [0, 0.05) is 10.9 Å². The summed E-state index contributed by atoms with van der Waals surface area (Å²) in [6, 6.07) is 4.57. The van der Waals surface area contributed by atoms with Crippen LogP contribution in [0.4, 0.5) is 10.2 Å². The highest BCUT2D eigenvalue weighted by atomic mass is 35.5. The molecule has 1 aromatic heterocycles. The van der Waals surface area contributed by atoms with Crippen LogP contribution in [0.3, 0.4) is 0 Å². The summed E-state index contributed by atoms with van der Waals surface area (Å²) < 4.78 is 13.7. The number of pyridine rings is 1. The fraction of sp³-hybridized carbons (Fsp3) is 0.308. The highest BCUT2D eigenvalue weighted by molar-refractivity contribution is 6.35. The minimum atomic E-state index is -0.331. The summed E-state index contributed by atoms with van der Waals surface area (Å²) in [5, 5.41) is 0.824. The molecule has 0 aliphatic heterocycles. The molecule has 2 nitrogen and oxygen atoms in total. The van der Waals surface area contributed by atoms with Crippen molar-refractivity contribution in [2.24, 2.45) is 0 Å². The van der Waals surface area contributed by atoms with E-state index in [9.17, 15) is 4.39 Å². The van der Waals surface area contributed by atoms with Crippen molar-refractivity contribution < 1.29 is 4.39 Å². The Morgan fingerprint density at radius 1 is 1.29 bits per heavy atom. The third-order valence-corrected chi connectivity index (χ3v) is 3.02. The number of hydrogen-bond acceptors (Lipinski definition) is 2. The van der Waals surface area contributed by atoms with E-state index in [0.717, 1.165) is 5.56 Å². The van der Waals surface area contributed by atoms with E-state index in [2.05, 4.69) is 4.98 Å². The molecule has 2 aromatic rings. The van der Waals surface area contributed by atoms with Crippen molar-refractivity contribution in [1.82, 2.24) is 4.98 Å². The molecule has 90 valence electrons. The van der Waals surface area contributed by atoms with Gasteiger partial charge in [-0.05, 0) is 23.6 Å². The van der Waals surface area contributed by atoms with Crippen LogP contribution in [-0.4, -0.2) is 4.98 Å². The van der Waals surface area contributed by atoms with Gasteiger partial charge in [-0.15, -0.1) is 0 Å². The summed E-state index contributed by atoms with van der Waals surface area (Å²) in [4.78, 5) is 4.21. The molecule has 0 unspecified atom stereocenters. The molecule has 0 amide bonds. The fourth-order valence-corrected chi connectivity index (χ4v) is 2.01. The van der Waals surface area contributed by atoms with E-state index in [-0.39, 0.29) is 11.2 Å². The summed E-state index contributed by atoms with van der Waals surface area (Å²) in [6.07, 6.45) is 0. The first-order valence-electron chi connectivity index (χ1n) is 5.35. The van der Waals surface area contributed by atoms with E-state index >= 15 is 0 Å². The molecule has 1 heterocycles. The molecule has 0 saturated heterocycles. The number of nitrogens with zero attached hydrogens (tertiary/aromatic N) is 1. The van der Waals surface area contributed by atoms with Crippen molar-refractivity contribution in [2.75, 3.05) is 5.73 Å². The molecule has 0 radical (unpaired) electrons. The van der Waals surface area contributed by atoms with Crippen molar-refractivity contribution in [3.8, 4) is 0 Å². The van der Waals surface area contributed by atoms with Gasteiger partial charge in [0.1, 0.15) is 11.6 Å². The van der Waals surface area contributed by atoms with Crippen LogP contribution in [0.25, 0.3) is 10.9 Å². The first-order chi connectivity index (χ1) is 7.80. The van der Waals surface area contributed by atoms with E-state index < -0.39 is 0 Å². The van der Waals surface area contributed by atoms with Gasteiger partial charge < -0.3 is 5.73 Å². The zero-order valence-corrected chi connectivity index (χ0v) is 10.8. The molecule has 0 atom stereocenters. The maximum Gasteiger partial charge on any atom is 0.132 e. The second-order valence-corrected chi connectivity index (χ2v) is 5.50. The molecule has 4 heteroatoms. The number of fused-ring (bicyclic) bond motifs is 1. The number of rotatable bonds is 0. The van der Waals surface area contributed by atoms with Crippen molar-refractivity contribution in [3.05, 3.63) is 34.6 Å². The Morgan fingerprint density at radius 3 is 2.53 bits per heavy atom. The van der Waals surface area contributed by atoms with Gasteiger partial charge >= 0.3 is 0 Å². The van der Waals surface area contributed by atoms with Gasteiger partial charge in [-0.2, -0.15) is 0 Å². The van der Waals surface area contributed by atoms with E-state index in [1.807, 2.05) is 20.8 Å². The Hall–Kier alpha value is -1.35. The lowest BCUT2D eigenvalue weighted by Crippen LogP contribution is -2.15. The van der Waals surface area contributed by atoms with Crippen molar-refractivity contribution in [3.63, 3.8) is 0 Å². The Kier molecular flexibility index (Phi) is 2.74. The predicted octanol–water partition coefficient (Wildman–Crippen LogP) is 3.91. The third kappa shape index (κ3) is 2.07. The molecular formula is C13H14ClFN2. The Bertz CT molecular complexity index is 588. The molecule has 0 fully saturated rings. The van der Waals surface area contributed by atoms with E-state index in [4.69, 9.17) is 17.3 Å². The van der Waals surface area contributed by atoms with Crippen LogP contribution in [0, 0.1) is 5.82 Å². The quantitative estimate of drug-likeness (QED) is 0.772. The SMILES string of the molecule is CC(C)(C)c1cc2c(F)ccc(Cl)c2nc1N. The number of anilines is 1. The maximum absolute atomic E-state index is 13.7. The number of hydrogen-bond donors (Lipinski definition) is 1. The monoisotopic (exact) mass is 252 g/mol. The topological polar surface area (TPSA) is 38.9 Å². The molecule has 1 aromatic carbocycles. The lowest BCUT2D eigenvalue weighted by molar-refractivity contribution is 0.590. The molecule has 17 heavy (non-hydrogen) atoms. The summed E-state index contributed by atoms with van der Waals surface area (Å²) >= 11 is 5.98. The van der Waals surface area contributed by atoms with E-state index in [0.29, 0.717) is 21.7 Å². The first kappa shape index (κ1) is 12.1. The Labute approximate surface area is 105 Å². The molecule has 0 aliphatic rings. The zero-order valence-electron chi connectivity index (χ0n) is 10.0. The van der Waals surface area contributed by atoms with Crippen LogP contribution in [0.1, 0.15) is 26.3 Å². The molecule has 0 aliphatic carbocycles. The molecule has 2 N–H and O–H groups in total. The molecule has 0 spiro atoms. The first-order valence-corrected chi connectivity index (χ1v) is 5.73. The van der Waals surface area contributed by atoms with Crippen molar-refractivity contribution in [1.29, 1.82) is 0 Å². The highest BCUT2D eigenvalue weighted by Gasteiger charge is 2.20. The zero-order chi connectivity index (χ0) is 12.8. The van der Waals surface area contributed by atoms with Crippen LogP contribution in [-0.2, 0) is 5.41 Å². The van der Waals surface area contributed by atoms with Crippen molar-refractivity contribution in [2.45, 2.75) is 26.2 Å². The summed E-state index contributed by atoms with van der Waals surface area (Å²) in [5.74, 6) is 0.0694. The van der Waals surface area contributed by atoms with Crippen molar-refractivity contribution >= 4 is 28.3 Å². The van der Waals surface area contributed by atoms with E-state index in [1.54, 1.807) is 6.07 Å². The lowest BCUT2D eigenvalue weighted by Gasteiger charge is -2.21. The largest absolute Gasteiger partial charge is 0.383 e. The lowest BCUT2D eigenvalue weighted by atomic mass is 9.86. The highest BCUT2D eigenvalue weighted by Crippen LogP contribution is 2.32. The second kappa shape index (κ2) is 3.84. The number of nitrogen functional groups attached to an aromatic ring is 1. The standard InChI is InChI=1S/C13H14ClFN2/c1-13(2,3)8-6-7-10(15)5-4-9(14)11(7)17-12(8)16/h4-6H,1-3H3,(H2,16,17). The predicted molar refractivity (Wildman–Crippen MR) is 69.8 cm³/mol. The molecule has 0 saturated carbocycles. The normalized spacial score (nSPS) is 12.1. The van der Waals surface area contributed by atoms with Gasteiger partial charge in [-0.25, -0.2) is 9.37 Å². The molecule has 2 rings (SSSR count). The number of benzene rings is 1. The van der Waals surface area contributed by atoms with Crippen LogP contribution in [0.5, 0.6) is 0 Å². The maximum atomic E-state index is 13.7. The second-order valence-electron chi connectivity index (χ2n) is 5.10. The van der Waals surface area contributed by atoms with E-state index in [1.165, 1.54) is 12.1 Å². The van der Waals surface area contributed by atoms with Crippen LogP contribution >= 0.6 is 11.6 Å². The van der Waals surface area contributed by atoms with Crippen LogP contribution in [0.2, 0.25) is 5.02 Å². The molecular weight excluding hydrogens is 239 g/mol. The van der Waals surface area contributed by atoms with Gasteiger partial charge in [-0.3, -0.25) is 0 Å². The number of nitrogens with two attached hydrogens (primary N) is 1. The summed E-state index contributed by atoms with van der Waals surface area (Å²) in [6.45, 7) is 6.03. The molecule has 0 bridgehead atoms. The Balaban J connectivity index is 2.85. The van der Waals surface area contributed by atoms with Gasteiger partial charge in [0.15, 0.2) is 0 Å².